The number of aryl methyl sites for hydroxylation is 2. The van der Waals surface area contributed by atoms with Crippen LogP contribution in [0.1, 0.15) is 26.4 Å². The molecule has 1 heterocycles. The molecule has 0 aliphatic heterocycles. The van der Waals surface area contributed by atoms with Crippen LogP contribution in [-0.2, 0) is 6.61 Å². The minimum atomic E-state index is -0.132. The Morgan fingerprint density at radius 1 is 1.24 bits per heavy atom. The average molecular weight is 297 g/mol. The fourth-order valence-electron chi connectivity index (χ4n) is 2.04. The number of ether oxygens (including phenoxy) is 1. The molecule has 3 nitrogen and oxygen atoms in total. The summed E-state index contributed by atoms with van der Waals surface area (Å²) in [5.74, 6) is 6.33. The maximum Gasteiger partial charge on any atom is 0.125 e. The number of hydrogen-bond acceptors (Lipinski definition) is 4. The van der Waals surface area contributed by atoms with Crippen LogP contribution in [0.25, 0.3) is 0 Å². The molecule has 0 aliphatic carbocycles. The monoisotopic (exact) mass is 297 g/mol. The molecule has 0 saturated heterocycles. The quantitative estimate of drug-likeness (QED) is 0.885. The Morgan fingerprint density at radius 3 is 2.57 bits per heavy atom. The highest BCUT2D eigenvalue weighted by Gasteiger charge is 2.07. The SMILES string of the molecule is Cc1cc(C#N)cc(C)c1OCc1ccc(C#CCO)s1. The second kappa shape index (κ2) is 6.95. The molecule has 0 fully saturated rings. The molecular weight excluding hydrogens is 282 g/mol. The standard InChI is InChI=1S/C17H15NO2S/c1-12-8-14(10-18)9-13(2)17(12)20-11-16-6-5-15(21-16)4-3-7-19/h5-6,8-9,19H,7,11H2,1-2H3. The van der Waals surface area contributed by atoms with Gasteiger partial charge in [-0.15, -0.1) is 11.3 Å². The van der Waals surface area contributed by atoms with E-state index in [2.05, 4.69) is 17.9 Å². The lowest BCUT2D eigenvalue weighted by atomic mass is 10.1. The van der Waals surface area contributed by atoms with Gasteiger partial charge in [-0.3, -0.25) is 0 Å². The molecule has 0 unspecified atom stereocenters. The predicted octanol–water partition coefficient (Wildman–Crippen LogP) is 3.16. The van der Waals surface area contributed by atoms with Crippen molar-refractivity contribution in [2.24, 2.45) is 0 Å². The zero-order valence-electron chi connectivity index (χ0n) is 11.9. The molecule has 1 aromatic carbocycles. The van der Waals surface area contributed by atoms with Crippen molar-refractivity contribution in [3.05, 3.63) is 50.7 Å². The van der Waals surface area contributed by atoms with E-state index in [0.29, 0.717) is 12.2 Å². The van der Waals surface area contributed by atoms with Gasteiger partial charge in [0.1, 0.15) is 19.0 Å². The molecule has 2 rings (SSSR count). The van der Waals surface area contributed by atoms with Crippen molar-refractivity contribution in [3.63, 3.8) is 0 Å². The summed E-state index contributed by atoms with van der Waals surface area (Å²) in [5, 5.41) is 17.6. The molecule has 2 aromatic rings. The van der Waals surface area contributed by atoms with E-state index in [1.807, 2.05) is 38.1 Å². The second-order valence-corrected chi connectivity index (χ2v) is 5.73. The molecule has 106 valence electrons. The molecule has 0 aliphatic rings. The molecule has 0 saturated carbocycles. The van der Waals surface area contributed by atoms with Gasteiger partial charge in [0, 0.05) is 4.88 Å². The van der Waals surface area contributed by atoms with Gasteiger partial charge in [0.15, 0.2) is 0 Å². The Labute approximate surface area is 128 Å². The van der Waals surface area contributed by atoms with Gasteiger partial charge in [0.2, 0.25) is 0 Å². The summed E-state index contributed by atoms with van der Waals surface area (Å²) in [5.41, 5.74) is 2.57. The van der Waals surface area contributed by atoms with Crippen molar-refractivity contribution in [2.45, 2.75) is 20.5 Å². The molecule has 1 N–H and O–H groups in total. The lowest BCUT2D eigenvalue weighted by molar-refractivity contribution is 0.305. The number of nitrogens with zero attached hydrogens (tertiary/aromatic N) is 1. The minimum absolute atomic E-state index is 0.132. The van der Waals surface area contributed by atoms with Crippen LogP contribution in [0.15, 0.2) is 24.3 Å². The van der Waals surface area contributed by atoms with Crippen molar-refractivity contribution in [1.29, 1.82) is 5.26 Å². The van der Waals surface area contributed by atoms with Gasteiger partial charge in [0.25, 0.3) is 0 Å². The van der Waals surface area contributed by atoms with E-state index in [-0.39, 0.29) is 6.61 Å². The van der Waals surface area contributed by atoms with Gasteiger partial charge in [-0.2, -0.15) is 5.26 Å². The first kappa shape index (κ1) is 15.1. The van der Waals surface area contributed by atoms with Gasteiger partial charge in [-0.05, 0) is 49.2 Å². The largest absolute Gasteiger partial charge is 0.488 e. The zero-order valence-corrected chi connectivity index (χ0v) is 12.8. The summed E-state index contributed by atoms with van der Waals surface area (Å²) in [6, 6.07) is 9.69. The van der Waals surface area contributed by atoms with Gasteiger partial charge in [0.05, 0.1) is 16.5 Å². The van der Waals surface area contributed by atoms with Crippen LogP contribution < -0.4 is 4.74 Å². The van der Waals surface area contributed by atoms with Crippen molar-refractivity contribution < 1.29 is 9.84 Å². The van der Waals surface area contributed by atoms with Crippen LogP contribution >= 0.6 is 11.3 Å². The summed E-state index contributed by atoms with van der Waals surface area (Å²) >= 11 is 1.55. The number of aliphatic hydroxyl groups is 1. The smallest absolute Gasteiger partial charge is 0.125 e. The molecule has 4 heteroatoms. The third-order valence-electron chi connectivity index (χ3n) is 2.90. The van der Waals surface area contributed by atoms with E-state index in [0.717, 1.165) is 26.6 Å². The number of nitriles is 1. The fraction of sp³-hybridized carbons (Fsp3) is 0.235. The topological polar surface area (TPSA) is 53.2 Å². The van der Waals surface area contributed by atoms with Crippen molar-refractivity contribution in [3.8, 4) is 23.7 Å². The predicted molar refractivity (Wildman–Crippen MR) is 83.2 cm³/mol. The molecule has 0 spiro atoms. The third-order valence-corrected chi connectivity index (χ3v) is 3.87. The number of benzene rings is 1. The molecule has 0 atom stereocenters. The van der Waals surface area contributed by atoms with Gasteiger partial charge in [-0.1, -0.05) is 11.8 Å². The summed E-state index contributed by atoms with van der Waals surface area (Å²) in [4.78, 5) is 1.98. The fourth-order valence-corrected chi connectivity index (χ4v) is 2.83. The second-order valence-electron chi connectivity index (χ2n) is 4.57. The lowest BCUT2D eigenvalue weighted by Crippen LogP contribution is -1.98. The van der Waals surface area contributed by atoms with Crippen molar-refractivity contribution in [1.82, 2.24) is 0 Å². The summed E-state index contributed by atoms with van der Waals surface area (Å²) in [7, 11) is 0. The van der Waals surface area contributed by atoms with Gasteiger partial charge < -0.3 is 9.84 Å². The first-order chi connectivity index (χ1) is 10.1. The third kappa shape index (κ3) is 3.86. The Morgan fingerprint density at radius 2 is 1.95 bits per heavy atom. The van der Waals surface area contributed by atoms with Crippen molar-refractivity contribution in [2.75, 3.05) is 6.61 Å². The van der Waals surface area contributed by atoms with Crippen molar-refractivity contribution >= 4 is 11.3 Å². The van der Waals surface area contributed by atoms with E-state index < -0.39 is 0 Å². The highest BCUT2D eigenvalue weighted by Crippen LogP contribution is 2.26. The molecule has 21 heavy (non-hydrogen) atoms. The van der Waals surface area contributed by atoms with Crippen LogP contribution in [0.2, 0.25) is 0 Å². The molecular formula is C17H15NO2S. The summed E-state index contributed by atoms with van der Waals surface area (Å²) in [6.45, 7) is 4.22. The average Bonchev–Trinajstić information content (AvgIpc) is 2.91. The number of hydrogen-bond donors (Lipinski definition) is 1. The summed E-state index contributed by atoms with van der Waals surface area (Å²) < 4.78 is 5.87. The van der Waals surface area contributed by atoms with E-state index in [4.69, 9.17) is 15.1 Å². The number of thiophene rings is 1. The lowest BCUT2D eigenvalue weighted by Gasteiger charge is -2.11. The van der Waals surface area contributed by atoms with E-state index in [1.165, 1.54) is 0 Å². The summed E-state index contributed by atoms with van der Waals surface area (Å²) in [6.07, 6.45) is 0. The van der Waals surface area contributed by atoms with Crippen LogP contribution in [0.5, 0.6) is 5.75 Å². The van der Waals surface area contributed by atoms with Crippen LogP contribution in [0, 0.1) is 37.0 Å². The normalized spacial score (nSPS) is 9.62. The number of aliphatic hydroxyl groups excluding tert-OH is 1. The molecule has 0 amide bonds. The highest BCUT2D eigenvalue weighted by atomic mass is 32.1. The van der Waals surface area contributed by atoms with E-state index in [1.54, 1.807) is 11.3 Å². The van der Waals surface area contributed by atoms with Gasteiger partial charge in [-0.25, -0.2) is 0 Å². The Bertz CT molecular complexity index is 721. The van der Waals surface area contributed by atoms with E-state index in [9.17, 15) is 0 Å². The zero-order chi connectivity index (χ0) is 15.2. The first-order valence-electron chi connectivity index (χ1n) is 6.46. The van der Waals surface area contributed by atoms with Crippen LogP contribution in [0.4, 0.5) is 0 Å². The molecule has 0 bridgehead atoms. The first-order valence-corrected chi connectivity index (χ1v) is 7.28. The maximum absolute atomic E-state index is 8.94. The molecule has 0 radical (unpaired) electrons. The van der Waals surface area contributed by atoms with Gasteiger partial charge >= 0.3 is 0 Å². The van der Waals surface area contributed by atoms with Crippen LogP contribution in [-0.4, -0.2) is 11.7 Å². The van der Waals surface area contributed by atoms with E-state index >= 15 is 0 Å². The Hall–Kier alpha value is -2.27. The highest BCUT2D eigenvalue weighted by molar-refractivity contribution is 7.12. The maximum atomic E-state index is 8.94. The Kier molecular flexibility index (Phi) is 5.00. The number of rotatable bonds is 3. The minimum Gasteiger partial charge on any atom is -0.488 e. The Balaban J connectivity index is 2.10. The van der Waals surface area contributed by atoms with Crippen LogP contribution in [0.3, 0.4) is 0 Å². The molecule has 1 aromatic heterocycles.